The summed E-state index contributed by atoms with van der Waals surface area (Å²) in [4.78, 5) is 12.5. The fourth-order valence-corrected chi connectivity index (χ4v) is 1.78. The quantitative estimate of drug-likeness (QED) is 0.686. The zero-order valence-electron chi connectivity index (χ0n) is 6.55. The fourth-order valence-electron chi connectivity index (χ4n) is 0.850. The molecule has 0 aliphatic heterocycles. The Morgan fingerprint density at radius 2 is 2.36 bits per heavy atom. The van der Waals surface area contributed by atoms with E-state index in [0.717, 1.165) is 15.3 Å². The number of ketones is 1. The molecule has 0 spiro atoms. The number of hydrogen-bond acceptors (Lipinski definition) is 3. The molecule has 1 heterocycles. The Morgan fingerprint density at radius 1 is 1.73 bits per heavy atom. The summed E-state index contributed by atoms with van der Waals surface area (Å²) in [6.07, 6.45) is 0. The molecule has 2 nitrogen and oxygen atoms in total. The van der Waals surface area contributed by atoms with Gasteiger partial charge in [0.1, 0.15) is 0 Å². The lowest BCUT2D eigenvalue weighted by molar-refractivity contribution is 0.102. The summed E-state index contributed by atoms with van der Waals surface area (Å²) in [7, 11) is 0. The van der Waals surface area contributed by atoms with E-state index in [-0.39, 0.29) is 12.4 Å². The first-order chi connectivity index (χ1) is 5.15. The van der Waals surface area contributed by atoms with E-state index in [2.05, 4.69) is 0 Å². The van der Waals surface area contributed by atoms with Gasteiger partial charge < -0.3 is 5.11 Å². The van der Waals surface area contributed by atoms with Gasteiger partial charge in [-0.05, 0) is 25.5 Å². The number of rotatable bonds is 2. The van der Waals surface area contributed by atoms with Crippen molar-refractivity contribution in [2.45, 2.75) is 20.5 Å². The molecule has 1 rings (SSSR count). The third-order valence-electron chi connectivity index (χ3n) is 1.51. The number of aliphatic hydroxyl groups excluding tert-OH is 1. The average molecular weight is 170 g/mol. The van der Waals surface area contributed by atoms with Gasteiger partial charge in [-0.1, -0.05) is 0 Å². The molecule has 0 fully saturated rings. The lowest BCUT2D eigenvalue weighted by Crippen LogP contribution is -1.83. The zero-order chi connectivity index (χ0) is 8.43. The van der Waals surface area contributed by atoms with Crippen molar-refractivity contribution in [2.75, 3.05) is 0 Å². The van der Waals surface area contributed by atoms with Crippen LogP contribution in [0.1, 0.15) is 27.0 Å². The normalized spacial score (nSPS) is 10.1. The van der Waals surface area contributed by atoms with Crippen molar-refractivity contribution >= 4 is 17.1 Å². The van der Waals surface area contributed by atoms with Crippen LogP contribution in [0.4, 0.5) is 0 Å². The predicted octanol–water partition coefficient (Wildman–Crippen LogP) is 1.75. The standard InChI is InChI=1S/C8H10O2S/c1-5-3-7(6(2)10)11-8(5)4-9/h3,9H,4H2,1-2H3. The monoisotopic (exact) mass is 170 g/mol. The maximum Gasteiger partial charge on any atom is 0.169 e. The van der Waals surface area contributed by atoms with E-state index in [1.54, 1.807) is 0 Å². The summed E-state index contributed by atoms with van der Waals surface area (Å²) >= 11 is 1.37. The predicted molar refractivity (Wildman–Crippen MR) is 45.0 cm³/mol. The Labute approximate surface area is 69.5 Å². The minimum Gasteiger partial charge on any atom is -0.391 e. The van der Waals surface area contributed by atoms with E-state index in [1.807, 2.05) is 13.0 Å². The lowest BCUT2D eigenvalue weighted by atomic mass is 10.2. The highest BCUT2D eigenvalue weighted by Gasteiger charge is 2.06. The highest BCUT2D eigenvalue weighted by atomic mass is 32.1. The molecule has 0 bridgehead atoms. The van der Waals surface area contributed by atoms with Gasteiger partial charge in [0.05, 0.1) is 11.5 Å². The van der Waals surface area contributed by atoms with Crippen LogP contribution in [-0.4, -0.2) is 10.9 Å². The second kappa shape index (κ2) is 3.15. The van der Waals surface area contributed by atoms with Crippen LogP contribution < -0.4 is 0 Å². The number of carbonyl (C=O) groups excluding carboxylic acids is 1. The molecule has 11 heavy (non-hydrogen) atoms. The van der Waals surface area contributed by atoms with Crippen molar-refractivity contribution in [1.29, 1.82) is 0 Å². The fraction of sp³-hybridized carbons (Fsp3) is 0.375. The summed E-state index contributed by atoms with van der Waals surface area (Å²) in [6, 6.07) is 1.82. The van der Waals surface area contributed by atoms with Crippen molar-refractivity contribution in [3.8, 4) is 0 Å². The molecule has 0 radical (unpaired) electrons. The molecular formula is C8H10O2S. The zero-order valence-corrected chi connectivity index (χ0v) is 7.36. The molecule has 0 aliphatic rings. The van der Waals surface area contributed by atoms with Gasteiger partial charge in [0.15, 0.2) is 5.78 Å². The summed E-state index contributed by atoms with van der Waals surface area (Å²) in [5, 5.41) is 8.81. The second-order valence-corrected chi connectivity index (χ2v) is 3.57. The van der Waals surface area contributed by atoms with Crippen LogP contribution in [0, 0.1) is 6.92 Å². The Balaban J connectivity index is 3.05. The van der Waals surface area contributed by atoms with Gasteiger partial charge in [-0.25, -0.2) is 0 Å². The smallest absolute Gasteiger partial charge is 0.169 e. The lowest BCUT2D eigenvalue weighted by Gasteiger charge is -1.87. The minimum atomic E-state index is 0.0315. The van der Waals surface area contributed by atoms with Crippen molar-refractivity contribution in [1.82, 2.24) is 0 Å². The number of Topliss-reactive ketones (excluding diaryl/α,β-unsaturated/α-hetero) is 1. The topological polar surface area (TPSA) is 37.3 Å². The van der Waals surface area contributed by atoms with E-state index >= 15 is 0 Å². The van der Waals surface area contributed by atoms with E-state index < -0.39 is 0 Å². The summed E-state index contributed by atoms with van der Waals surface area (Å²) in [6.45, 7) is 3.46. The first-order valence-corrected chi connectivity index (χ1v) is 4.18. The molecule has 0 aliphatic carbocycles. The minimum absolute atomic E-state index is 0.0315. The summed E-state index contributed by atoms with van der Waals surface area (Å²) in [5.74, 6) is 0.0674. The molecule has 1 aromatic rings. The van der Waals surface area contributed by atoms with E-state index in [0.29, 0.717) is 0 Å². The molecule has 0 amide bonds. The Bertz CT molecular complexity index is 276. The maximum absolute atomic E-state index is 10.9. The molecule has 1 aromatic heterocycles. The van der Waals surface area contributed by atoms with Gasteiger partial charge in [-0.15, -0.1) is 11.3 Å². The van der Waals surface area contributed by atoms with Crippen molar-refractivity contribution in [3.63, 3.8) is 0 Å². The molecule has 60 valence electrons. The Hall–Kier alpha value is -0.670. The number of aryl methyl sites for hydroxylation is 1. The molecule has 0 atom stereocenters. The molecule has 0 saturated carbocycles. The molecule has 3 heteroatoms. The average Bonchev–Trinajstić information content (AvgIpc) is 2.31. The molecule has 0 aromatic carbocycles. The van der Waals surface area contributed by atoms with Gasteiger partial charge in [0.25, 0.3) is 0 Å². The van der Waals surface area contributed by atoms with E-state index in [1.165, 1.54) is 18.3 Å². The largest absolute Gasteiger partial charge is 0.391 e. The summed E-state index contributed by atoms with van der Waals surface area (Å²) < 4.78 is 0. The van der Waals surface area contributed by atoms with Crippen LogP contribution in [0.3, 0.4) is 0 Å². The highest BCUT2D eigenvalue weighted by molar-refractivity contribution is 7.14. The van der Waals surface area contributed by atoms with Gasteiger partial charge in [-0.3, -0.25) is 4.79 Å². The second-order valence-electron chi connectivity index (χ2n) is 2.43. The molecule has 0 unspecified atom stereocenters. The first-order valence-electron chi connectivity index (χ1n) is 3.36. The van der Waals surface area contributed by atoms with Crippen molar-refractivity contribution < 1.29 is 9.90 Å². The highest BCUT2D eigenvalue weighted by Crippen LogP contribution is 2.21. The third kappa shape index (κ3) is 1.67. The number of hydrogen-bond donors (Lipinski definition) is 1. The van der Waals surface area contributed by atoms with Crippen LogP contribution >= 0.6 is 11.3 Å². The number of aliphatic hydroxyl groups is 1. The van der Waals surface area contributed by atoms with E-state index in [4.69, 9.17) is 5.11 Å². The third-order valence-corrected chi connectivity index (χ3v) is 2.83. The Morgan fingerprint density at radius 3 is 2.64 bits per heavy atom. The van der Waals surface area contributed by atoms with Crippen LogP contribution in [0.5, 0.6) is 0 Å². The van der Waals surface area contributed by atoms with Crippen LogP contribution in [0.25, 0.3) is 0 Å². The van der Waals surface area contributed by atoms with Crippen LogP contribution in [0.15, 0.2) is 6.07 Å². The SMILES string of the molecule is CC(=O)c1cc(C)c(CO)s1. The van der Waals surface area contributed by atoms with E-state index in [9.17, 15) is 4.79 Å². The van der Waals surface area contributed by atoms with Gasteiger partial charge in [-0.2, -0.15) is 0 Å². The van der Waals surface area contributed by atoms with Gasteiger partial charge >= 0.3 is 0 Å². The number of thiophene rings is 1. The van der Waals surface area contributed by atoms with Gasteiger partial charge in [0, 0.05) is 4.88 Å². The Kier molecular flexibility index (Phi) is 2.42. The van der Waals surface area contributed by atoms with Gasteiger partial charge in [0.2, 0.25) is 0 Å². The van der Waals surface area contributed by atoms with Crippen molar-refractivity contribution in [3.05, 3.63) is 21.4 Å². The maximum atomic E-state index is 10.9. The first kappa shape index (κ1) is 8.43. The van der Waals surface area contributed by atoms with Crippen molar-refractivity contribution in [2.24, 2.45) is 0 Å². The molecular weight excluding hydrogens is 160 g/mol. The summed E-state index contributed by atoms with van der Waals surface area (Å²) in [5.41, 5.74) is 1.00. The molecule has 1 N–H and O–H groups in total. The number of carbonyl (C=O) groups is 1. The molecule has 0 saturated heterocycles. The van der Waals surface area contributed by atoms with Crippen LogP contribution in [0.2, 0.25) is 0 Å². The van der Waals surface area contributed by atoms with Crippen LogP contribution in [-0.2, 0) is 6.61 Å².